The minimum Gasteiger partial charge on any atom is -0.513 e. The number of rotatable bonds is 0. The molecule has 116 valence electrons. The van der Waals surface area contributed by atoms with Crippen LogP contribution < -0.4 is 5.73 Å². The molecule has 0 unspecified atom stereocenters. The molecule has 4 aliphatic carbocycles. The van der Waals surface area contributed by atoms with E-state index in [1.807, 2.05) is 0 Å². The molecule has 2 saturated carbocycles. The number of hydrogen-bond donors (Lipinski definition) is 2. The second kappa shape index (κ2) is 4.30. The summed E-state index contributed by atoms with van der Waals surface area (Å²) in [6, 6.07) is 0. The highest BCUT2D eigenvalue weighted by atomic mass is 16.3. The lowest BCUT2D eigenvalue weighted by atomic mass is 9.46. The van der Waals surface area contributed by atoms with Crippen LogP contribution in [0.5, 0.6) is 0 Å². The van der Waals surface area contributed by atoms with E-state index in [4.69, 9.17) is 5.73 Å². The maximum atomic E-state index is 9.92. The zero-order valence-electron chi connectivity index (χ0n) is 13.4. The van der Waals surface area contributed by atoms with Crippen LogP contribution in [0.1, 0.15) is 58.8 Å². The van der Waals surface area contributed by atoms with E-state index in [1.54, 1.807) is 0 Å². The van der Waals surface area contributed by atoms with E-state index in [1.165, 1.54) is 44.2 Å². The molecule has 0 spiro atoms. The molecule has 0 bridgehead atoms. The van der Waals surface area contributed by atoms with Gasteiger partial charge in [-0.1, -0.05) is 19.9 Å². The van der Waals surface area contributed by atoms with Crippen LogP contribution in [0, 0.1) is 34.5 Å². The fraction of sp³-hybridized carbons (Fsp3) is 0.789. The first-order valence-corrected chi connectivity index (χ1v) is 8.81. The molecule has 21 heavy (non-hydrogen) atoms. The van der Waals surface area contributed by atoms with Crippen LogP contribution in [0.2, 0.25) is 0 Å². The minimum atomic E-state index is 0.275. The molecule has 4 rings (SSSR count). The lowest BCUT2D eigenvalue weighted by molar-refractivity contribution is -0.0791. The van der Waals surface area contributed by atoms with Gasteiger partial charge in [-0.25, -0.2) is 0 Å². The summed E-state index contributed by atoms with van der Waals surface area (Å²) >= 11 is 0. The normalized spacial score (nSPS) is 52.3. The number of hydrogen-bond acceptors (Lipinski definition) is 2. The SMILES string of the molecule is C[C@]12CCC(O)=C[C@H]1CC[C@@H]1[C@@H]2CC[C@]2(C)C(N)=CC[C@@H]12. The van der Waals surface area contributed by atoms with Crippen molar-refractivity contribution in [1.82, 2.24) is 0 Å². The van der Waals surface area contributed by atoms with Gasteiger partial charge in [0, 0.05) is 17.5 Å². The van der Waals surface area contributed by atoms with E-state index in [2.05, 4.69) is 26.0 Å². The second-order valence-corrected chi connectivity index (χ2v) is 8.58. The first kappa shape index (κ1) is 13.7. The Kier molecular flexibility index (Phi) is 2.81. The third kappa shape index (κ3) is 1.71. The van der Waals surface area contributed by atoms with Crippen molar-refractivity contribution in [2.75, 3.05) is 0 Å². The van der Waals surface area contributed by atoms with E-state index in [0.717, 1.165) is 24.2 Å². The molecule has 6 atom stereocenters. The summed E-state index contributed by atoms with van der Waals surface area (Å²) < 4.78 is 0. The Morgan fingerprint density at radius 2 is 1.95 bits per heavy atom. The standard InChI is InChI=1S/C19H29NO/c1-18-9-7-13(21)11-12(18)3-4-14-15-5-6-17(20)19(15,2)10-8-16(14)18/h6,11-12,14-16,21H,3-5,7-10,20H2,1-2H3/t12-,14+,15+,16+,18+,19+/m1/s1. The average molecular weight is 287 g/mol. The molecular formula is C19H29NO. The largest absolute Gasteiger partial charge is 0.513 e. The van der Waals surface area contributed by atoms with Crippen LogP contribution in [-0.2, 0) is 0 Å². The van der Waals surface area contributed by atoms with Gasteiger partial charge in [-0.2, -0.15) is 0 Å². The summed E-state index contributed by atoms with van der Waals surface area (Å²) in [4.78, 5) is 0. The predicted molar refractivity (Wildman–Crippen MR) is 85.5 cm³/mol. The van der Waals surface area contributed by atoms with Crippen LogP contribution in [0.25, 0.3) is 0 Å². The Morgan fingerprint density at radius 3 is 2.76 bits per heavy atom. The summed E-state index contributed by atoms with van der Waals surface area (Å²) in [7, 11) is 0. The van der Waals surface area contributed by atoms with Crippen LogP contribution in [-0.4, -0.2) is 5.11 Å². The summed E-state index contributed by atoms with van der Waals surface area (Å²) in [5.74, 6) is 3.69. The highest BCUT2D eigenvalue weighted by Crippen LogP contribution is 2.65. The highest BCUT2D eigenvalue weighted by Gasteiger charge is 2.57. The molecule has 0 amide bonds. The molecule has 0 heterocycles. The van der Waals surface area contributed by atoms with Crippen molar-refractivity contribution >= 4 is 0 Å². The zero-order chi connectivity index (χ0) is 14.8. The van der Waals surface area contributed by atoms with Gasteiger partial charge in [-0.05, 0) is 73.7 Å². The Balaban J connectivity index is 1.66. The maximum Gasteiger partial charge on any atom is 0.0886 e. The van der Waals surface area contributed by atoms with Crippen LogP contribution in [0.4, 0.5) is 0 Å². The van der Waals surface area contributed by atoms with Crippen molar-refractivity contribution in [1.29, 1.82) is 0 Å². The molecule has 4 aliphatic rings. The quantitative estimate of drug-likeness (QED) is 0.687. The van der Waals surface area contributed by atoms with E-state index < -0.39 is 0 Å². The van der Waals surface area contributed by atoms with Crippen molar-refractivity contribution in [3.63, 3.8) is 0 Å². The maximum absolute atomic E-state index is 9.92. The molecule has 0 aromatic heterocycles. The molecule has 2 heteroatoms. The topological polar surface area (TPSA) is 46.2 Å². The van der Waals surface area contributed by atoms with Crippen molar-refractivity contribution in [2.24, 2.45) is 40.2 Å². The lowest BCUT2D eigenvalue weighted by Gasteiger charge is -2.59. The van der Waals surface area contributed by atoms with Gasteiger partial charge < -0.3 is 10.8 Å². The van der Waals surface area contributed by atoms with E-state index >= 15 is 0 Å². The summed E-state index contributed by atoms with van der Waals surface area (Å²) in [6.45, 7) is 4.92. The Bertz CT molecular complexity index is 522. The van der Waals surface area contributed by atoms with Gasteiger partial charge in [0.05, 0.1) is 5.76 Å². The lowest BCUT2D eigenvalue weighted by Crippen LogP contribution is -2.52. The van der Waals surface area contributed by atoms with Gasteiger partial charge in [-0.15, -0.1) is 0 Å². The molecule has 0 saturated heterocycles. The number of aliphatic hydroxyl groups is 1. The molecule has 2 nitrogen and oxygen atoms in total. The molecule has 0 aliphatic heterocycles. The minimum absolute atomic E-state index is 0.275. The molecule has 0 aromatic carbocycles. The fourth-order valence-electron chi connectivity index (χ4n) is 6.44. The van der Waals surface area contributed by atoms with Crippen molar-refractivity contribution in [3.05, 3.63) is 23.6 Å². The number of nitrogens with two attached hydrogens (primary N) is 1. The van der Waals surface area contributed by atoms with Crippen molar-refractivity contribution < 1.29 is 5.11 Å². The molecule has 0 aromatic rings. The zero-order valence-corrected chi connectivity index (χ0v) is 13.4. The average Bonchev–Trinajstić information content (AvgIpc) is 2.76. The van der Waals surface area contributed by atoms with E-state index in [-0.39, 0.29) is 5.41 Å². The second-order valence-electron chi connectivity index (χ2n) is 8.58. The molecular weight excluding hydrogens is 258 g/mol. The van der Waals surface area contributed by atoms with Gasteiger partial charge in [0.2, 0.25) is 0 Å². The van der Waals surface area contributed by atoms with Gasteiger partial charge in [0.25, 0.3) is 0 Å². The number of aliphatic hydroxyl groups excluding tert-OH is 1. The first-order chi connectivity index (χ1) is 9.95. The Hall–Kier alpha value is -0.920. The number of allylic oxidation sites excluding steroid dienone is 4. The summed E-state index contributed by atoms with van der Waals surface area (Å²) in [5, 5.41) is 9.92. The summed E-state index contributed by atoms with van der Waals surface area (Å²) in [5.41, 5.74) is 8.20. The van der Waals surface area contributed by atoms with Crippen LogP contribution in [0.3, 0.4) is 0 Å². The molecule has 0 radical (unpaired) electrons. The first-order valence-electron chi connectivity index (χ1n) is 8.81. The van der Waals surface area contributed by atoms with Crippen molar-refractivity contribution in [2.45, 2.75) is 58.8 Å². The fourth-order valence-corrected chi connectivity index (χ4v) is 6.44. The molecule has 2 fully saturated rings. The van der Waals surface area contributed by atoms with Gasteiger partial charge in [0.15, 0.2) is 0 Å². The smallest absolute Gasteiger partial charge is 0.0886 e. The monoisotopic (exact) mass is 287 g/mol. The van der Waals surface area contributed by atoms with Crippen LogP contribution in [0.15, 0.2) is 23.6 Å². The van der Waals surface area contributed by atoms with Crippen molar-refractivity contribution in [3.8, 4) is 0 Å². The third-order valence-electron chi connectivity index (χ3n) is 7.90. The van der Waals surface area contributed by atoms with Crippen LogP contribution >= 0.6 is 0 Å². The van der Waals surface area contributed by atoms with Gasteiger partial charge in [-0.3, -0.25) is 0 Å². The number of fused-ring (bicyclic) bond motifs is 5. The third-order valence-corrected chi connectivity index (χ3v) is 7.90. The Morgan fingerprint density at radius 1 is 1.14 bits per heavy atom. The van der Waals surface area contributed by atoms with E-state index in [0.29, 0.717) is 17.1 Å². The highest BCUT2D eigenvalue weighted by molar-refractivity contribution is 5.24. The predicted octanol–water partition coefficient (Wildman–Crippen LogP) is 4.53. The molecule has 3 N–H and O–H groups in total. The Labute approximate surface area is 128 Å². The van der Waals surface area contributed by atoms with Gasteiger partial charge >= 0.3 is 0 Å². The summed E-state index contributed by atoms with van der Waals surface area (Å²) in [6.07, 6.45) is 12.9. The van der Waals surface area contributed by atoms with Gasteiger partial charge in [0.1, 0.15) is 0 Å². The van der Waals surface area contributed by atoms with E-state index in [9.17, 15) is 5.11 Å².